The van der Waals surface area contributed by atoms with E-state index < -0.39 is 12.2 Å². The third-order valence-corrected chi connectivity index (χ3v) is 6.51. The molecule has 46 heavy (non-hydrogen) atoms. The molecule has 5 aromatic carbocycles. The van der Waals surface area contributed by atoms with Gasteiger partial charge in [0.1, 0.15) is 17.2 Å². The second-order valence-electron chi connectivity index (χ2n) is 9.67. The molecule has 9 heteroatoms. The van der Waals surface area contributed by atoms with Crippen LogP contribution in [0, 0.1) is 27.7 Å². The quantitative estimate of drug-likeness (QED) is 0.0641. The lowest BCUT2D eigenvalue weighted by Gasteiger charge is -2.12. The number of amides is 1. The highest BCUT2D eigenvalue weighted by atomic mass is 16.7. The summed E-state index contributed by atoms with van der Waals surface area (Å²) in [4.78, 5) is 22.9. The van der Waals surface area contributed by atoms with Crippen LogP contribution in [0.1, 0.15) is 29.7 Å². The maximum atomic E-state index is 11.6. The summed E-state index contributed by atoms with van der Waals surface area (Å²) < 4.78 is 15.0. The fraction of sp³-hybridized carbons (Fsp3) is 0.135. The number of anilines is 2. The van der Waals surface area contributed by atoms with Crippen LogP contribution in [0.15, 0.2) is 127 Å². The van der Waals surface area contributed by atoms with Crippen molar-refractivity contribution in [2.45, 2.75) is 35.1 Å². The average Bonchev–Trinajstić information content (AvgIpc) is 3.05. The summed E-state index contributed by atoms with van der Waals surface area (Å²) in [5.41, 5.74) is 14.6. The molecule has 0 spiro atoms. The number of aryl methyl sites for hydroxylation is 2. The standard InChI is InChI=1S/C15H16N2O2.C13H10O3.C8H12N2.CH4/c1-11-7-6-10-14(12(11)2)16-17-15(18)19-13-8-4-3-5-9-13;14-13(15-11-7-3-1-4-8-11)16-12-9-5-2-6-10-12;1-6-4-3-5-8(10-9)7(6)2;/h3-10,16H,1-2H3,(H,17,18);1-10H;3-5,10H,9H2,1-2H3;1H4. The third kappa shape index (κ3) is 12.4. The highest BCUT2D eigenvalue weighted by molar-refractivity contribution is 5.72. The lowest BCUT2D eigenvalue weighted by Crippen LogP contribution is -2.32. The summed E-state index contributed by atoms with van der Waals surface area (Å²) in [6.45, 7) is 8.12. The Morgan fingerprint density at radius 3 is 1.33 bits per heavy atom. The molecule has 0 aliphatic rings. The number of benzene rings is 5. The second-order valence-corrected chi connectivity index (χ2v) is 9.67. The number of carbonyl (C=O) groups is 2. The van der Waals surface area contributed by atoms with Crippen molar-refractivity contribution in [3.8, 4) is 17.2 Å². The van der Waals surface area contributed by atoms with Crippen molar-refractivity contribution in [1.29, 1.82) is 0 Å². The summed E-state index contributed by atoms with van der Waals surface area (Å²) in [6.07, 6.45) is -1.29. The van der Waals surface area contributed by atoms with Crippen LogP contribution in [0.2, 0.25) is 0 Å². The predicted octanol–water partition coefficient (Wildman–Crippen LogP) is 8.91. The van der Waals surface area contributed by atoms with E-state index >= 15 is 0 Å². The molecule has 0 aliphatic heterocycles. The number of nitrogen functional groups attached to an aromatic ring is 1. The molecule has 0 bridgehead atoms. The van der Waals surface area contributed by atoms with Gasteiger partial charge in [-0.15, -0.1) is 0 Å². The first-order chi connectivity index (χ1) is 21.8. The van der Waals surface area contributed by atoms with Crippen LogP contribution in [-0.2, 0) is 0 Å². The van der Waals surface area contributed by atoms with Crippen molar-refractivity contribution in [2.24, 2.45) is 5.84 Å². The molecule has 0 atom stereocenters. The SMILES string of the molecule is C.Cc1cccc(NN)c1C.Cc1cccc(NNC(=O)Oc2ccccc2)c1C.O=C(Oc1ccccc1)Oc1ccccc1. The van der Waals surface area contributed by atoms with Crippen LogP contribution < -0.4 is 36.3 Å². The number of nitrogens with one attached hydrogen (secondary N) is 3. The van der Waals surface area contributed by atoms with Gasteiger partial charge in [0.25, 0.3) is 0 Å². The van der Waals surface area contributed by atoms with Crippen LogP contribution in [0.3, 0.4) is 0 Å². The number of hydrogen-bond donors (Lipinski definition) is 4. The van der Waals surface area contributed by atoms with Crippen LogP contribution in [0.25, 0.3) is 0 Å². The van der Waals surface area contributed by atoms with Crippen LogP contribution in [-0.4, -0.2) is 12.2 Å². The molecule has 0 saturated heterocycles. The van der Waals surface area contributed by atoms with E-state index in [1.54, 1.807) is 72.8 Å². The summed E-state index contributed by atoms with van der Waals surface area (Å²) in [5.74, 6) is 6.70. The van der Waals surface area contributed by atoms with Gasteiger partial charge in [-0.3, -0.25) is 11.3 Å². The molecule has 0 fully saturated rings. The summed E-state index contributed by atoms with van der Waals surface area (Å²) >= 11 is 0. The number of carbonyl (C=O) groups excluding carboxylic acids is 2. The van der Waals surface area contributed by atoms with Gasteiger partial charge in [0.05, 0.1) is 11.4 Å². The highest BCUT2D eigenvalue weighted by Gasteiger charge is 2.07. The van der Waals surface area contributed by atoms with Gasteiger partial charge in [-0.2, -0.15) is 0 Å². The normalized spacial score (nSPS) is 9.41. The lowest BCUT2D eigenvalue weighted by atomic mass is 10.1. The Bertz CT molecular complexity index is 1590. The molecule has 240 valence electrons. The van der Waals surface area contributed by atoms with Crippen LogP contribution in [0.4, 0.5) is 21.0 Å². The fourth-order valence-electron chi connectivity index (χ4n) is 3.72. The minimum absolute atomic E-state index is 0. The maximum absolute atomic E-state index is 11.6. The van der Waals surface area contributed by atoms with E-state index in [1.165, 1.54) is 11.1 Å². The first kappa shape index (κ1) is 36.4. The van der Waals surface area contributed by atoms with Crippen molar-refractivity contribution in [3.63, 3.8) is 0 Å². The van der Waals surface area contributed by atoms with Crippen molar-refractivity contribution >= 4 is 23.6 Å². The number of nitrogens with two attached hydrogens (primary N) is 1. The molecule has 5 aromatic rings. The Labute approximate surface area is 271 Å². The van der Waals surface area contributed by atoms with E-state index in [2.05, 4.69) is 29.3 Å². The van der Waals surface area contributed by atoms with E-state index in [-0.39, 0.29) is 7.43 Å². The van der Waals surface area contributed by atoms with Gasteiger partial charge >= 0.3 is 12.2 Å². The van der Waals surface area contributed by atoms with Crippen LogP contribution in [0.5, 0.6) is 17.2 Å². The van der Waals surface area contributed by atoms with E-state index in [1.807, 2.05) is 69.3 Å². The zero-order valence-electron chi connectivity index (χ0n) is 25.7. The van der Waals surface area contributed by atoms with Gasteiger partial charge in [0.2, 0.25) is 0 Å². The molecule has 0 saturated carbocycles. The smallest absolute Gasteiger partial charge is 0.409 e. The summed E-state index contributed by atoms with van der Waals surface area (Å²) in [5, 5.41) is 0. The predicted molar refractivity (Wildman–Crippen MR) is 185 cm³/mol. The highest BCUT2D eigenvalue weighted by Crippen LogP contribution is 2.18. The molecular weight excluding hydrogens is 580 g/mol. The Morgan fingerprint density at radius 1 is 0.522 bits per heavy atom. The van der Waals surface area contributed by atoms with E-state index in [0.29, 0.717) is 17.2 Å². The number of para-hydroxylation sites is 3. The maximum Gasteiger partial charge on any atom is 0.519 e. The van der Waals surface area contributed by atoms with E-state index in [4.69, 9.17) is 20.1 Å². The first-order valence-electron chi connectivity index (χ1n) is 14.1. The Balaban J connectivity index is 0.000000248. The Morgan fingerprint density at radius 2 is 0.913 bits per heavy atom. The van der Waals surface area contributed by atoms with Gasteiger partial charge in [-0.05, 0) is 98.5 Å². The first-order valence-corrected chi connectivity index (χ1v) is 14.1. The number of hydrogen-bond acceptors (Lipinski definition) is 8. The average molecular weight is 623 g/mol. The molecule has 5 rings (SSSR count). The Kier molecular flexibility index (Phi) is 15.4. The molecule has 9 nitrogen and oxygen atoms in total. The van der Waals surface area contributed by atoms with Crippen molar-refractivity contribution in [3.05, 3.63) is 150 Å². The van der Waals surface area contributed by atoms with Gasteiger partial charge in [0, 0.05) is 0 Å². The van der Waals surface area contributed by atoms with Crippen molar-refractivity contribution < 1.29 is 23.8 Å². The van der Waals surface area contributed by atoms with Crippen molar-refractivity contribution in [1.82, 2.24) is 5.43 Å². The van der Waals surface area contributed by atoms with Gasteiger partial charge in [-0.25, -0.2) is 15.0 Å². The number of ether oxygens (including phenoxy) is 3. The number of rotatable bonds is 6. The summed E-state index contributed by atoms with van der Waals surface area (Å²) in [7, 11) is 0. The molecule has 0 heterocycles. The molecule has 0 aromatic heterocycles. The lowest BCUT2D eigenvalue weighted by molar-refractivity contribution is 0.152. The Hall–Kier alpha value is -5.80. The third-order valence-electron chi connectivity index (χ3n) is 6.51. The fourth-order valence-corrected chi connectivity index (χ4v) is 3.72. The van der Waals surface area contributed by atoms with Crippen LogP contribution >= 0.6 is 0 Å². The van der Waals surface area contributed by atoms with E-state index in [9.17, 15) is 9.59 Å². The summed E-state index contributed by atoms with van der Waals surface area (Å²) in [6, 6.07) is 38.3. The zero-order chi connectivity index (χ0) is 32.4. The van der Waals surface area contributed by atoms with E-state index in [0.717, 1.165) is 22.5 Å². The minimum atomic E-state index is -0.739. The molecule has 0 radical (unpaired) electrons. The number of hydrazine groups is 2. The molecule has 5 N–H and O–H groups in total. The monoisotopic (exact) mass is 622 g/mol. The molecule has 0 unspecified atom stereocenters. The largest absolute Gasteiger partial charge is 0.519 e. The second kappa shape index (κ2) is 19.5. The zero-order valence-corrected chi connectivity index (χ0v) is 25.7. The molecule has 1 amide bonds. The topological polar surface area (TPSA) is 124 Å². The molecule has 0 aliphatic carbocycles. The van der Waals surface area contributed by atoms with Gasteiger partial charge < -0.3 is 19.6 Å². The molecular formula is C37H42N4O5. The minimum Gasteiger partial charge on any atom is -0.409 e. The van der Waals surface area contributed by atoms with Gasteiger partial charge in [-0.1, -0.05) is 86.3 Å². The van der Waals surface area contributed by atoms with Gasteiger partial charge in [0.15, 0.2) is 0 Å². The van der Waals surface area contributed by atoms with Crippen molar-refractivity contribution in [2.75, 3.05) is 10.9 Å².